The van der Waals surface area contributed by atoms with E-state index in [1.54, 1.807) is 0 Å². The van der Waals surface area contributed by atoms with Gasteiger partial charge in [-0.3, -0.25) is 9.58 Å². The van der Waals surface area contributed by atoms with Gasteiger partial charge in [0.05, 0.1) is 23.8 Å². The highest BCUT2D eigenvalue weighted by Gasteiger charge is 2.12. The molecule has 5 nitrogen and oxygen atoms in total. The van der Waals surface area contributed by atoms with Crippen LogP contribution in [0.5, 0.6) is 0 Å². The molecule has 2 aromatic heterocycles. The summed E-state index contributed by atoms with van der Waals surface area (Å²) >= 11 is 0. The molecule has 122 valence electrons. The molecule has 0 unspecified atom stereocenters. The summed E-state index contributed by atoms with van der Waals surface area (Å²) in [6.07, 6.45) is 6.37. The van der Waals surface area contributed by atoms with E-state index < -0.39 is 0 Å². The second kappa shape index (κ2) is 6.96. The largest absolute Gasteiger partial charge is 0.327 e. The fourth-order valence-electron chi connectivity index (χ4n) is 2.97. The van der Waals surface area contributed by atoms with E-state index in [0.717, 1.165) is 31.0 Å². The number of fused-ring (bicyclic) bond motifs is 1. The van der Waals surface area contributed by atoms with Crippen molar-refractivity contribution in [2.24, 2.45) is 7.05 Å². The summed E-state index contributed by atoms with van der Waals surface area (Å²) < 4.78 is 4.22. The Bertz CT molecular complexity index is 771. The van der Waals surface area contributed by atoms with Gasteiger partial charge in [-0.1, -0.05) is 25.5 Å². The highest BCUT2D eigenvalue weighted by atomic mass is 15.2. The number of para-hydroxylation sites is 2. The first-order chi connectivity index (χ1) is 11.2. The van der Waals surface area contributed by atoms with Crippen LogP contribution in [0.15, 0.2) is 36.7 Å². The van der Waals surface area contributed by atoms with Gasteiger partial charge < -0.3 is 4.57 Å². The van der Waals surface area contributed by atoms with Gasteiger partial charge in [0.1, 0.15) is 5.82 Å². The number of unbranched alkanes of at least 4 members (excludes halogenated alkanes) is 1. The Labute approximate surface area is 137 Å². The van der Waals surface area contributed by atoms with Crippen LogP contribution in [0.4, 0.5) is 0 Å². The van der Waals surface area contributed by atoms with Crippen molar-refractivity contribution in [2.75, 3.05) is 7.05 Å². The second-order valence-corrected chi connectivity index (χ2v) is 6.22. The zero-order valence-corrected chi connectivity index (χ0v) is 14.2. The zero-order valence-electron chi connectivity index (χ0n) is 14.2. The SMILES string of the molecule is CCCCn1c(CN(C)Cc2cnn(C)c2)nc2ccccc21. The molecule has 0 N–H and O–H groups in total. The van der Waals surface area contributed by atoms with Crippen molar-refractivity contribution in [1.29, 1.82) is 0 Å². The molecule has 23 heavy (non-hydrogen) atoms. The van der Waals surface area contributed by atoms with Crippen molar-refractivity contribution < 1.29 is 0 Å². The highest BCUT2D eigenvalue weighted by Crippen LogP contribution is 2.18. The maximum atomic E-state index is 4.85. The van der Waals surface area contributed by atoms with Crippen LogP contribution in [0, 0.1) is 0 Å². The molecular weight excluding hydrogens is 286 g/mol. The number of hydrogen-bond acceptors (Lipinski definition) is 3. The number of aromatic nitrogens is 4. The van der Waals surface area contributed by atoms with Crippen molar-refractivity contribution in [1.82, 2.24) is 24.2 Å². The molecule has 0 saturated heterocycles. The predicted molar refractivity (Wildman–Crippen MR) is 93.0 cm³/mol. The lowest BCUT2D eigenvalue weighted by molar-refractivity contribution is 0.305. The molecule has 0 spiro atoms. The van der Waals surface area contributed by atoms with Gasteiger partial charge in [0.15, 0.2) is 0 Å². The van der Waals surface area contributed by atoms with Crippen LogP contribution in [0.2, 0.25) is 0 Å². The molecule has 3 aromatic rings. The van der Waals surface area contributed by atoms with Gasteiger partial charge in [-0.05, 0) is 25.6 Å². The van der Waals surface area contributed by atoms with Crippen molar-refractivity contribution in [2.45, 2.75) is 39.4 Å². The van der Waals surface area contributed by atoms with E-state index in [1.807, 2.05) is 17.9 Å². The Morgan fingerprint density at radius 2 is 2.00 bits per heavy atom. The predicted octanol–water partition coefficient (Wildman–Crippen LogP) is 3.20. The van der Waals surface area contributed by atoms with E-state index in [4.69, 9.17) is 4.98 Å². The molecule has 3 rings (SSSR count). The van der Waals surface area contributed by atoms with Crippen LogP contribution >= 0.6 is 0 Å². The minimum Gasteiger partial charge on any atom is -0.327 e. The topological polar surface area (TPSA) is 38.9 Å². The average Bonchev–Trinajstić information content (AvgIpc) is 3.08. The molecule has 5 heteroatoms. The van der Waals surface area contributed by atoms with Crippen LogP contribution < -0.4 is 0 Å². The van der Waals surface area contributed by atoms with E-state index in [0.29, 0.717) is 0 Å². The van der Waals surface area contributed by atoms with Crippen molar-refractivity contribution in [3.8, 4) is 0 Å². The fourth-order valence-corrected chi connectivity index (χ4v) is 2.97. The van der Waals surface area contributed by atoms with Crippen molar-refractivity contribution in [3.05, 3.63) is 48.0 Å². The molecule has 2 heterocycles. The molecule has 1 aromatic carbocycles. The molecule has 0 fully saturated rings. The molecule has 0 atom stereocenters. The van der Waals surface area contributed by atoms with E-state index in [9.17, 15) is 0 Å². The second-order valence-electron chi connectivity index (χ2n) is 6.22. The third-order valence-electron chi connectivity index (χ3n) is 4.09. The van der Waals surface area contributed by atoms with Crippen molar-refractivity contribution >= 4 is 11.0 Å². The minimum atomic E-state index is 0.841. The van der Waals surface area contributed by atoms with E-state index in [2.05, 4.69) is 59.0 Å². The molecule has 0 saturated carbocycles. The summed E-state index contributed by atoms with van der Waals surface area (Å²) in [5.74, 6) is 1.14. The first-order valence-corrected chi connectivity index (χ1v) is 8.27. The van der Waals surface area contributed by atoms with E-state index in [-0.39, 0.29) is 0 Å². The summed E-state index contributed by atoms with van der Waals surface area (Å²) in [5.41, 5.74) is 3.56. The van der Waals surface area contributed by atoms with Crippen LogP contribution in [0.25, 0.3) is 11.0 Å². The zero-order chi connectivity index (χ0) is 16.2. The van der Waals surface area contributed by atoms with Crippen LogP contribution in [0.3, 0.4) is 0 Å². The maximum absolute atomic E-state index is 4.85. The number of nitrogens with zero attached hydrogens (tertiary/aromatic N) is 5. The molecule has 0 bridgehead atoms. The molecule has 0 aliphatic carbocycles. The molecule has 0 amide bonds. The lowest BCUT2D eigenvalue weighted by Gasteiger charge is -2.16. The van der Waals surface area contributed by atoms with E-state index >= 15 is 0 Å². The lowest BCUT2D eigenvalue weighted by Crippen LogP contribution is -2.20. The summed E-state index contributed by atoms with van der Waals surface area (Å²) in [5, 5.41) is 4.24. The van der Waals surface area contributed by atoms with Crippen LogP contribution in [-0.4, -0.2) is 31.3 Å². The summed E-state index contributed by atoms with van der Waals surface area (Å²) in [6.45, 7) is 4.98. The normalized spacial score (nSPS) is 11.7. The number of rotatable bonds is 7. The third kappa shape index (κ3) is 3.62. The highest BCUT2D eigenvalue weighted by molar-refractivity contribution is 5.75. The molecule has 0 aliphatic rings. The first kappa shape index (κ1) is 15.7. The Kier molecular flexibility index (Phi) is 4.76. The minimum absolute atomic E-state index is 0.841. The number of hydrogen-bond donors (Lipinski definition) is 0. The van der Waals surface area contributed by atoms with Gasteiger partial charge in [0, 0.05) is 31.9 Å². The quantitative estimate of drug-likeness (QED) is 0.672. The van der Waals surface area contributed by atoms with Gasteiger partial charge in [-0.15, -0.1) is 0 Å². The van der Waals surface area contributed by atoms with E-state index in [1.165, 1.54) is 23.9 Å². The Balaban J connectivity index is 1.80. The molecule has 0 radical (unpaired) electrons. The molecular formula is C18H25N5. The van der Waals surface area contributed by atoms with Crippen LogP contribution in [0.1, 0.15) is 31.2 Å². The smallest absolute Gasteiger partial charge is 0.124 e. The van der Waals surface area contributed by atoms with Gasteiger partial charge in [-0.2, -0.15) is 5.10 Å². The van der Waals surface area contributed by atoms with Gasteiger partial charge in [0.25, 0.3) is 0 Å². The third-order valence-corrected chi connectivity index (χ3v) is 4.09. The van der Waals surface area contributed by atoms with Gasteiger partial charge in [0.2, 0.25) is 0 Å². The Hall–Kier alpha value is -2.14. The van der Waals surface area contributed by atoms with Crippen molar-refractivity contribution in [3.63, 3.8) is 0 Å². The summed E-state index contributed by atoms with van der Waals surface area (Å²) in [6, 6.07) is 8.42. The average molecular weight is 311 g/mol. The fraction of sp³-hybridized carbons (Fsp3) is 0.444. The number of imidazole rings is 1. The molecule has 0 aliphatic heterocycles. The Morgan fingerprint density at radius 1 is 1.17 bits per heavy atom. The monoisotopic (exact) mass is 311 g/mol. The summed E-state index contributed by atoms with van der Waals surface area (Å²) in [7, 11) is 4.09. The maximum Gasteiger partial charge on any atom is 0.124 e. The first-order valence-electron chi connectivity index (χ1n) is 8.27. The lowest BCUT2D eigenvalue weighted by atomic mass is 10.3. The van der Waals surface area contributed by atoms with Gasteiger partial charge in [-0.25, -0.2) is 4.98 Å². The number of benzene rings is 1. The Morgan fingerprint density at radius 3 is 2.74 bits per heavy atom. The van der Waals surface area contributed by atoms with Gasteiger partial charge >= 0.3 is 0 Å². The standard InChI is InChI=1S/C18H25N5/c1-4-5-10-23-17-9-7-6-8-16(17)20-18(23)14-21(2)12-15-11-19-22(3)13-15/h6-9,11,13H,4-5,10,12,14H2,1-3H3. The van der Waals surface area contributed by atoms with Crippen LogP contribution in [-0.2, 0) is 26.7 Å². The summed E-state index contributed by atoms with van der Waals surface area (Å²) in [4.78, 5) is 7.15. The number of aryl methyl sites for hydroxylation is 2.